The second-order valence-corrected chi connectivity index (χ2v) is 7.52. The van der Waals surface area contributed by atoms with Crippen LogP contribution in [0.15, 0.2) is 41.4 Å². The summed E-state index contributed by atoms with van der Waals surface area (Å²) in [4.78, 5) is 4.85. The normalized spacial score (nSPS) is 19.7. The molecule has 2 aromatic rings. The van der Waals surface area contributed by atoms with Crippen molar-refractivity contribution in [3.05, 3.63) is 47.5 Å². The van der Waals surface area contributed by atoms with Crippen LogP contribution in [0.25, 0.3) is 0 Å². The molecule has 1 saturated carbocycles. The number of likely N-dealkylation sites (N-methyl/N-ethyl adjacent to an activating group) is 1. The molecule has 1 N–H and O–H groups in total. The maximum atomic E-state index is 10.1. The largest absolute Gasteiger partial charge is 0.507 e. The Morgan fingerprint density at radius 3 is 2.30 bits per heavy atom. The van der Waals surface area contributed by atoms with Crippen LogP contribution in [0.4, 0.5) is 0 Å². The Labute approximate surface area is 178 Å². The maximum Gasteiger partial charge on any atom is 0.174 e. The van der Waals surface area contributed by atoms with Crippen molar-refractivity contribution >= 4 is 12.4 Å². The molecule has 0 aliphatic heterocycles. The molecule has 160 valence electrons. The predicted molar refractivity (Wildman–Crippen MR) is 119 cm³/mol. The van der Waals surface area contributed by atoms with E-state index in [4.69, 9.17) is 19.2 Å². The predicted octanol–water partition coefficient (Wildman–Crippen LogP) is 3.91. The molecule has 3 rings (SSSR count). The van der Waals surface area contributed by atoms with Gasteiger partial charge in [0.2, 0.25) is 0 Å². The molecule has 0 amide bonds. The number of rotatable bonds is 7. The molecule has 6 nitrogen and oxygen atoms in total. The van der Waals surface area contributed by atoms with Crippen LogP contribution in [0.3, 0.4) is 0 Å². The van der Waals surface area contributed by atoms with Crippen molar-refractivity contribution in [3.63, 3.8) is 0 Å². The molecule has 0 aromatic heterocycles. The molecule has 0 radical (unpaired) electrons. The van der Waals surface area contributed by atoms with E-state index in [1.807, 2.05) is 18.2 Å². The molecule has 30 heavy (non-hydrogen) atoms. The lowest BCUT2D eigenvalue weighted by Crippen LogP contribution is -2.38. The highest BCUT2D eigenvalue weighted by Crippen LogP contribution is 2.27. The average Bonchev–Trinajstić information content (AvgIpc) is 2.78. The molecular weight excluding hydrogens is 380 g/mol. The van der Waals surface area contributed by atoms with Crippen LogP contribution in [0.5, 0.6) is 23.0 Å². The summed E-state index contributed by atoms with van der Waals surface area (Å²) in [6.07, 6.45) is 8.27. The summed E-state index contributed by atoms with van der Waals surface area (Å²) in [5.74, 6) is 2.50. The molecular formula is C24H31N2O4+. The van der Waals surface area contributed by atoms with Gasteiger partial charge in [-0.25, -0.2) is 4.58 Å². The number of aromatic hydroxyl groups is 1. The molecule has 0 bridgehead atoms. The number of benzene rings is 2. The van der Waals surface area contributed by atoms with Crippen molar-refractivity contribution < 1.29 is 23.9 Å². The maximum absolute atomic E-state index is 10.1. The number of phenolic OH excluding ortho intramolecular Hbond substituents is 1. The van der Waals surface area contributed by atoms with Crippen LogP contribution in [0.1, 0.15) is 36.8 Å². The van der Waals surface area contributed by atoms with E-state index in [-0.39, 0.29) is 17.8 Å². The van der Waals surface area contributed by atoms with E-state index in [1.165, 1.54) is 6.42 Å². The van der Waals surface area contributed by atoms with Crippen LogP contribution in [0.2, 0.25) is 0 Å². The molecule has 2 unspecified atom stereocenters. The number of phenols is 1. The first-order valence-electron chi connectivity index (χ1n) is 10.2. The lowest BCUT2D eigenvalue weighted by atomic mass is 9.90. The van der Waals surface area contributed by atoms with Crippen LogP contribution >= 0.6 is 0 Å². The summed E-state index contributed by atoms with van der Waals surface area (Å²) in [5, 5.41) is 10.1. The Kier molecular flexibility index (Phi) is 7.33. The van der Waals surface area contributed by atoms with Gasteiger partial charge in [-0.3, -0.25) is 4.99 Å². The SMILES string of the molecule is COc1ccc(O)c(C=NC2CCCCC2[N+](C)=Cc2cc(OC)ccc2OC)c1. The second kappa shape index (κ2) is 10.1. The molecule has 2 atom stereocenters. The van der Waals surface area contributed by atoms with Crippen molar-refractivity contribution in [1.29, 1.82) is 0 Å². The number of hydrogen-bond acceptors (Lipinski definition) is 5. The van der Waals surface area contributed by atoms with E-state index in [1.54, 1.807) is 45.7 Å². The third-order valence-electron chi connectivity index (χ3n) is 5.64. The van der Waals surface area contributed by atoms with Gasteiger partial charge in [0.05, 0.1) is 26.9 Å². The van der Waals surface area contributed by atoms with E-state index in [0.29, 0.717) is 11.3 Å². The third kappa shape index (κ3) is 5.12. The standard InChI is InChI=1S/C24H30N2O4/c1-26(16-18-14-20(29-3)10-12-24(18)30-4)22-8-6-5-7-21(22)25-15-17-13-19(28-2)9-11-23(17)27/h9-16,21-22H,5-8H2,1-4H3/p+1. The summed E-state index contributed by atoms with van der Waals surface area (Å²) in [6, 6.07) is 11.4. The fourth-order valence-electron chi connectivity index (χ4n) is 3.94. The van der Waals surface area contributed by atoms with Crippen LogP contribution in [-0.2, 0) is 0 Å². The van der Waals surface area contributed by atoms with Crippen LogP contribution in [-0.4, -0.2) is 62.6 Å². The zero-order chi connectivity index (χ0) is 21.5. The summed E-state index contributed by atoms with van der Waals surface area (Å²) < 4.78 is 18.4. The number of hydrogen-bond donors (Lipinski definition) is 1. The number of aliphatic imine (C=N–C) groups is 1. The Morgan fingerprint density at radius 2 is 1.60 bits per heavy atom. The van der Waals surface area contributed by atoms with Crippen molar-refractivity contribution in [3.8, 4) is 23.0 Å². The van der Waals surface area contributed by atoms with Gasteiger partial charge in [0.25, 0.3) is 0 Å². The van der Waals surface area contributed by atoms with Gasteiger partial charge in [-0.1, -0.05) is 6.42 Å². The van der Waals surface area contributed by atoms with E-state index in [0.717, 1.165) is 36.3 Å². The number of ether oxygens (including phenoxy) is 3. The van der Waals surface area contributed by atoms with Crippen molar-refractivity contribution in [2.45, 2.75) is 37.8 Å². The zero-order valence-corrected chi connectivity index (χ0v) is 18.2. The summed E-state index contributed by atoms with van der Waals surface area (Å²) in [7, 11) is 7.03. The van der Waals surface area contributed by atoms with Gasteiger partial charge in [0.1, 0.15) is 36.1 Å². The number of nitrogens with zero attached hydrogens (tertiary/aromatic N) is 2. The molecule has 6 heteroatoms. The highest BCUT2D eigenvalue weighted by Gasteiger charge is 2.31. The second-order valence-electron chi connectivity index (χ2n) is 7.52. The minimum atomic E-state index is 0.141. The third-order valence-corrected chi connectivity index (χ3v) is 5.64. The Bertz CT molecular complexity index is 923. The molecule has 0 saturated heterocycles. The van der Waals surface area contributed by atoms with Gasteiger partial charge < -0.3 is 19.3 Å². The molecule has 1 fully saturated rings. The number of methoxy groups -OCH3 is 3. The lowest BCUT2D eigenvalue weighted by Gasteiger charge is -2.25. The first kappa shape index (κ1) is 21.7. The van der Waals surface area contributed by atoms with E-state index in [9.17, 15) is 5.11 Å². The quantitative estimate of drug-likeness (QED) is 0.554. The fourth-order valence-corrected chi connectivity index (χ4v) is 3.94. The van der Waals surface area contributed by atoms with E-state index >= 15 is 0 Å². The molecule has 1 aliphatic carbocycles. The topological polar surface area (TPSA) is 63.3 Å². The Balaban J connectivity index is 1.86. The molecule has 1 aliphatic rings. The molecule has 2 aromatic carbocycles. The zero-order valence-electron chi connectivity index (χ0n) is 18.2. The van der Waals surface area contributed by atoms with Crippen molar-refractivity contribution in [1.82, 2.24) is 0 Å². The summed E-state index contributed by atoms with van der Waals surface area (Å²) in [6.45, 7) is 0. The first-order chi connectivity index (χ1) is 14.5. The lowest BCUT2D eigenvalue weighted by molar-refractivity contribution is -0.539. The smallest absolute Gasteiger partial charge is 0.174 e. The van der Waals surface area contributed by atoms with Crippen molar-refractivity contribution in [2.75, 3.05) is 28.4 Å². The Hall–Kier alpha value is -3.02. The van der Waals surface area contributed by atoms with Gasteiger partial charge in [-0.05, 0) is 49.2 Å². The van der Waals surface area contributed by atoms with Crippen molar-refractivity contribution in [2.24, 2.45) is 4.99 Å². The van der Waals surface area contributed by atoms with Crippen LogP contribution in [0, 0.1) is 0 Å². The van der Waals surface area contributed by atoms with Gasteiger partial charge in [-0.15, -0.1) is 0 Å². The first-order valence-corrected chi connectivity index (χ1v) is 10.2. The summed E-state index contributed by atoms with van der Waals surface area (Å²) >= 11 is 0. The summed E-state index contributed by atoms with van der Waals surface area (Å²) in [5.41, 5.74) is 1.64. The van der Waals surface area contributed by atoms with Gasteiger partial charge in [0, 0.05) is 18.2 Å². The van der Waals surface area contributed by atoms with Gasteiger partial charge in [0.15, 0.2) is 12.3 Å². The van der Waals surface area contributed by atoms with Gasteiger partial charge >= 0.3 is 0 Å². The molecule has 0 heterocycles. The average molecular weight is 412 g/mol. The van der Waals surface area contributed by atoms with E-state index < -0.39 is 0 Å². The highest BCUT2D eigenvalue weighted by molar-refractivity contribution is 5.84. The monoisotopic (exact) mass is 411 g/mol. The minimum Gasteiger partial charge on any atom is -0.507 e. The minimum absolute atomic E-state index is 0.141. The highest BCUT2D eigenvalue weighted by atomic mass is 16.5. The van der Waals surface area contributed by atoms with E-state index in [2.05, 4.69) is 17.8 Å². The fraction of sp³-hybridized carbons (Fsp3) is 0.417. The molecule has 0 spiro atoms. The van der Waals surface area contributed by atoms with Gasteiger partial charge in [-0.2, -0.15) is 0 Å². The van der Waals surface area contributed by atoms with Crippen LogP contribution < -0.4 is 14.2 Å². The Morgan fingerprint density at radius 1 is 0.933 bits per heavy atom.